The van der Waals surface area contributed by atoms with E-state index in [2.05, 4.69) is 11.2 Å². The van der Waals surface area contributed by atoms with E-state index in [0.29, 0.717) is 31.0 Å². The fourth-order valence-corrected chi connectivity index (χ4v) is 4.40. The Labute approximate surface area is 136 Å². The van der Waals surface area contributed by atoms with Crippen LogP contribution in [-0.2, 0) is 27.8 Å². The van der Waals surface area contributed by atoms with Gasteiger partial charge in [0.05, 0.1) is 12.7 Å². The monoisotopic (exact) mass is 336 g/mol. The van der Waals surface area contributed by atoms with Gasteiger partial charge in [-0.1, -0.05) is 29.4 Å². The smallest absolute Gasteiger partial charge is 0.248 e. The highest BCUT2D eigenvalue weighted by Gasteiger charge is 2.31. The van der Waals surface area contributed by atoms with Crippen molar-refractivity contribution in [2.75, 3.05) is 13.6 Å². The van der Waals surface area contributed by atoms with Crippen molar-refractivity contribution in [1.29, 1.82) is 0 Å². The van der Waals surface area contributed by atoms with E-state index in [9.17, 15) is 8.42 Å². The van der Waals surface area contributed by atoms with Crippen molar-refractivity contribution >= 4 is 10.0 Å². The van der Waals surface area contributed by atoms with Crippen LogP contribution in [0.3, 0.4) is 0 Å². The number of rotatable bonds is 4. The minimum absolute atomic E-state index is 0.149. The third-order valence-electron chi connectivity index (χ3n) is 4.14. The predicted octanol–water partition coefficient (Wildman–Crippen LogP) is 2.05. The number of aromatic nitrogens is 1. The van der Waals surface area contributed by atoms with Crippen LogP contribution >= 0.6 is 0 Å². The normalized spacial score (nSPS) is 18.2. The van der Waals surface area contributed by atoms with Crippen LogP contribution in [-0.4, -0.2) is 37.6 Å². The van der Waals surface area contributed by atoms with Crippen LogP contribution in [0.4, 0.5) is 0 Å². The number of sulfonamides is 1. The first-order valence-corrected chi connectivity index (χ1v) is 8.91. The van der Waals surface area contributed by atoms with E-state index in [1.54, 1.807) is 20.9 Å². The summed E-state index contributed by atoms with van der Waals surface area (Å²) >= 11 is 0. The molecule has 1 atom stereocenters. The van der Waals surface area contributed by atoms with Crippen molar-refractivity contribution in [3.8, 4) is 0 Å². The van der Waals surface area contributed by atoms with Crippen LogP contribution in [0.25, 0.3) is 0 Å². The number of fused-ring (bicyclic) bond motifs is 1. The first-order chi connectivity index (χ1) is 10.9. The molecule has 6 nitrogen and oxygen atoms in total. The lowest BCUT2D eigenvalue weighted by molar-refractivity contribution is 0.0202. The maximum Gasteiger partial charge on any atom is 0.248 e. The Morgan fingerprint density at radius 3 is 2.61 bits per heavy atom. The summed E-state index contributed by atoms with van der Waals surface area (Å²) in [6.07, 6.45) is 0.544. The van der Waals surface area contributed by atoms with Gasteiger partial charge in [-0.05, 0) is 25.0 Å². The van der Waals surface area contributed by atoms with Crippen LogP contribution in [0.1, 0.15) is 22.6 Å². The molecule has 0 unspecified atom stereocenters. The second-order valence-electron chi connectivity index (χ2n) is 5.84. The van der Waals surface area contributed by atoms with Crippen LogP contribution in [0.2, 0.25) is 0 Å². The van der Waals surface area contributed by atoms with E-state index < -0.39 is 10.0 Å². The second kappa shape index (κ2) is 6.07. The van der Waals surface area contributed by atoms with Gasteiger partial charge in [0, 0.05) is 20.0 Å². The van der Waals surface area contributed by atoms with E-state index in [-0.39, 0.29) is 11.0 Å². The van der Waals surface area contributed by atoms with Gasteiger partial charge in [0.15, 0.2) is 5.76 Å². The molecule has 2 aromatic rings. The van der Waals surface area contributed by atoms with Gasteiger partial charge in [-0.15, -0.1) is 0 Å². The molecule has 124 valence electrons. The molecule has 0 fully saturated rings. The summed E-state index contributed by atoms with van der Waals surface area (Å²) in [6.45, 7) is 4.04. The van der Waals surface area contributed by atoms with Crippen molar-refractivity contribution in [2.45, 2.75) is 37.9 Å². The first-order valence-electron chi connectivity index (χ1n) is 7.47. The second-order valence-corrected chi connectivity index (χ2v) is 7.83. The largest absolute Gasteiger partial charge is 0.372 e. The third-order valence-corrected chi connectivity index (χ3v) is 6.21. The Morgan fingerprint density at radius 1 is 1.26 bits per heavy atom. The lowest BCUT2D eigenvalue weighted by Gasteiger charge is -2.28. The summed E-state index contributed by atoms with van der Waals surface area (Å²) in [6, 6.07) is 8.08. The van der Waals surface area contributed by atoms with Crippen molar-refractivity contribution in [3.05, 3.63) is 46.8 Å². The maximum atomic E-state index is 12.7. The lowest BCUT2D eigenvalue weighted by Crippen LogP contribution is -2.38. The molecule has 0 saturated carbocycles. The minimum atomic E-state index is -3.64. The number of hydrogen-bond acceptors (Lipinski definition) is 5. The summed E-state index contributed by atoms with van der Waals surface area (Å²) in [4.78, 5) is 0.149. The summed E-state index contributed by atoms with van der Waals surface area (Å²) in [5.74, 6) is 0.309. The Hall–Kier alpha value is -1.70. The molecule has 0 radical (unpaired) electrons. The number of nitrogens with zero attached hydrogens (tertiary/aromatic N) is 2. The molecule has 2 heterocycles. The number of likely N-dealkylation sites (N-methyl/N-ethyl adjacent to an activating group) is 1. The van der Waals surface area contributed by atoms with E-state index in [1.807, 2.05) is 18.2 Å². The van der Waals surface area contributed by atoms with Gasteiger partial charge in [-0.2, -0.15) is 4.31 Å². The van der Waals surface area contributed by atoms with Gasteiger partial charge in [-0.25, -0.2) is 8.42 Å². The van der Waals surface area contributed by atoms with Gasteiger partial charge < -0.3 is 9.26 Å². The topological polar surface area (TPSA) is 72.6 Å². The summed E-state index contributed by atoms with van der Waals surface area (Å²) in [5, 5.41) is 3.73. The molecule has 1 aliphatic heterocycles. The molecule has 0 saturated heterocycles. The van der Waals surface area contributed by atoms with E-state index >= 15 is 0 Å². The van der Waals surface area contributed by atoms with Crippen LogP contribution < -0.4 is 0 Å². The molecule has 1 aliphatic rings. The fourth-order valence-electron chi connectivity index (χ4n) is 2.91. The Bertz CT molecular complexity index is 794. The van der Waals surface area contributed by atoms with Crippen molar-refractivity contribution in [1.82, 2.24) is 9.46 Å². The number of benzene rings is 1. The van der Waals surface area contributed by atoms with Crippen LogP contribution in [0.15, 0.2) is 33.7 Å². The van der Waals surface area contributed by atoms with Crippen molar-refractivity contribution < 1.29 is 17.7 Å². The first kappa shape index (κ1) is 16.2. The Balaban J connectivity index is 1.76. The molecule has 23 heavy (non-hydrogen) atoms. The quantitative estimate of drug-likeness (QED) is 0.854. The molecule has 3 rings (SSSR count). The molecule has 0 aliphatic carbocycles. The number of aryl methyl sites for hydroxylation is 2. The van der Waals surface area contributed by atoms with Gasteiger partial charge in [0.2, 0.25) is 10.0 Å². The standard InChI is InChI=1S/C16H20N2O4S/c1-11-16(12(2)22-17-11)23(19,20)18(3)9-15-8-13-6-4-5-7-14(13)10-21-15/h4-7,15H,8-10H2,1-3H3/t15-/m1/s1. The van der Waals surface area contributed by atoms with Crippen molar-refractivity contribution in [2.24, 2.45) is 0 Å². The maximum absolute atomic E-state index is 12.7. The Morgan fingerprint density at radius 2 is 1.96 bits per heavy atom. The number of hydrogen-bond donors (Lipinski definition) is 0. The van der Waals surface area contributed by atoms with Crippen LogP contribution in [0.5, 0.6) is 0 Å². The zero-order valence-corrected chi connectivity index (χ0v) is 14.3. The minimum Gasteiger partial charge on any atom is -0.372 e. The molecule has 0 bridgehead atoms. The zero-order chi connectivity index (χ0) is 16.6. The average molecular weight is 336 g/mol. The van der Waals surface area contributed by atoms with Crippen molar-refractivity contribution in [3.63, 3.8) is 0 Å². The molecular weight excluding hydrogens is 316 g/mol. The zero-order valence-electron chi connectivity index (χ0n) is 13.4. The number of ether oxygens (including phenoxy) is 1. The van der Waals surface area contributed by atoms with E-state index in [1.165, 1.54) is 15.4 Å². The van der Waals surface area contributed by atoms with E-state index in [0.717, 1.165) is 0 Å². The highest BCUT2D eigenvalue weighted by molar-refractivity contribution is 7.89. The SMILES string of the molecule is Cc1noc(C)c1S(=O)(=O)N(C)C[C@H]1Cc2ccccc2CO1. The highest BCUT2D eigenvalue weighted by atomic mass is 32.2. The summed E-state index contributed by atoms with van der Waals surface area (Å²) in [5.41, 5.74) is 2.76. The molecule has 0 amide bonds. The van der Waals surface area contributed by atoms with Crippen LogP contribution in [0, 0.1) is 13.8 Å². The predicted molar refractivity (Wildman–Crippen MR) is 84.5 cm³/mol. The van der Waals surface area contributed by atoms with Gasteiger partial charge in [0.1, 0.15) is 10.6 Å². The van der Waals surface area contributed by atoms with Gasteiger partial charge >= 0.3 is 0 Å². The third kappa shape index (κ3) is 3.04. The van der Waals surface area contributed by atoms with Gasteiger partial charge in [0.25, 0.3) is 0 Å². The molecular formula is C16H20N2O4S. The molecule has 1 aromatic carbocycles. The average Bonchev–Trinajstić information content (AvgIpc) is 2.86. The molecule has 1 aromatic heterocycles. The Kier molecular flexibility index (Phi) is 4.27. The van der Waals surface area contributed by atoms with Gasteiger partial charge in [-0.3, -0.25) is 0 Å². The highest BCUT2D eigenvalue weighted by Crippen LogP contribution is 2.25. The molecule has 0 N–H and O–H groups in total. The van der Waals surface area contributed by atoms with E-state index in [4.69, 9.17) is 9.26 Å². The molecule has 0 spiro atoms. The fraction of sp³-hybridized carbons (Fsp3) is 0.438. The molecule has 7 heteroatoms. The lowest BCUT2D eigenvalue weighted by atomic mass is 9.99. The summed E-state index contributed by atoms with van der Waals surface area (Å²) in [7, 11) is -2.08. The summed E-state index contributed by atoms with van der Waals surface area (Å²) < 4.78 is 37.6.